The monoisotopic (exact) mass is 380 g/mol. The Morgan fingerprint density at radius 3 is 2.56 bits per heavy atom. The molecule has 8 heteroatoms. The van der Waals surface area contributed by atoms with Crippen molar-refractivity contribution < 1.29 is 38.4 Å². The Hall–Kier alpha value is -1.77. The second-order valence-corrected chi connectivity index (χ2v) is 8.26. The zero-order valence-electron chi connectivity index (χ0n) is 15.8. The Morgan fingerprint density at radius 1 is 1.33 bits per heavy atom. The maximum Gasteiger partial charge on any atom is 0.303 e. The van der Waals surface area contributed by atoms with Gasteiger partial charge in [0.15, 0.2) is 5.78 Å². The zero-order chi connectivity index (χ0) is 19.8. The fourth-order valence-electron chi connectivity index (χ4n) is 5.44. The Balaban J connectivity index is 1.89. The number of aliphatic hydroxyl groups excluding tert-OH is 1. The highest BCUT2D eigenvalue weighted by Crippen LogP contribution is 2.71. The van der Waals surface area contributed by atoms with E-state index in [-0.39, 0.29) is 18.8 Å². The molecule has 0 aromatic carbocycles. The average Bonchev–Trinajstić information content (AvgIpc) is 3.36. The minimum Gasteiger partial charge on any atom is -0.465 e. The normalized spacial score (nSPS) is 47.3. The highest BCUT2D eigenvalue weighted by atomic mass is 16.7. The van der Waals surface area contributed by atoms with Crippen molar-refractivity contribution in [2.75, 3.05) is 13.2 Å². The summed E-state index contributed by atoms with van der Waals surface area (Å²) in [5.74, 6) is -1.13. The highest BCUT2D eigenvalue weighted by molar-refractivity contribution is 5.96. The van der Waals surface area contributed by atoms with Gasteiger partial charge in [0.05, 0.1) is 23.5 Å². The van der Waals surface area contributed by atoms with Crippen LogP contribution in [0.1, 0.15) is 34.1 Å². The van der Waals surface area contributed by atoms with Crippen molar-refractivity contribution in [1.82, 2.24) is 0 Å². The van der Waals surface area contributed by atoms with Gasteiger partial charge in [0, 0.05) is 20.3 Å². The van der Waals surface area contributed by atoms with E-state index in [0.717, 1.165) is 0 Å². The summed E-state index contributed by atoms with van der Waals surface area (Å²) in [6.07, 6.45) is -1.55. The number of aliphatic hydroxyl groups is 1. The lowest BCUT2D eigenvalue weighted by Crippen LogP contribution is -2.67. The van der Waals surface area contributed by atoms with Gasteiger partial charge in [-0.15, -0.1) is 0 Å². The molecule has 0 aromatic heterocycles. The van der Waals surface area contributed by atoms with Crippen molar-refractivity contribution in [3.05, 3.63) is 11.6 Å². The van der Waals surface area contributed by atoms with E-state index in [0.29, 0.717) is 12.2 Å². The minimum atomic E-state index is -1.11. The number of fused-ring (bicyclic) bond motifs is 2. The summed E-state index contributed by atoms with van der Waals surface area (Å²) in [4.78, 5) is 36.0. The van der Waals surface area contributed by atoms with Gasteiger partial charge in [-0.05, 0) is 18.6 Å². The number of hydrogen-bond acceptors (Lipinski definition) is 8. The van der Waals surface area contributed by atoms with Crippen molar-refractivity contribution in [1.29, 1.82) is 0 Å². The summed E-state index contributed by atoms with van der Waals surface area (Å²) in [5, 5.41) is 10.9. The fraction of sp³-hybridized carbons (Fsp3) is 0.737. The third-order valence-electron chi connectivity index (χ3n) is 7.00. The number of epoxide rings is 1. The first-order chi connectivity index (χ1) is 12.6. The smallest absolute Gasteiger partial charge is 0.303 e. The quantitative estimate of drug-likeness (QED) is 0.550. The van der Waals surface area contributed by atoms with E-state index >= 15 is 0 Å². The van der Waals surface area contributed by atoms with Crippen molar-refractivity contribution in [3.8, 4) is 0 Å². The molecule has 0 amide bonds. The molecule has 2 bridgehead atoms. The third kappa shape index (κ3) is 2.17. The molecular formula is C19H24O8. The SMILES string of the molecule is CC(=O)OC[C@]12CC(=O)C(C)=C[C@H]1O[C@@H]1[C@H](O)[C@@H](OC(C)=O)[C@@]2(C)[C@]12CO2. The predicted octanol–water partition coefficient (Wildman–Crippen LogP) is 0.304. The molecule has 4 aliphatic rings. The van der Waals surface area contributed by atoms with Gasteiger partial charge in [0.25, 0.3) is 0 Å². The summed E-state index contributed by atoms with van der Waals surface area (Å²) in [6, 6.07) is 0. The number of ether oxygens (including phenoxy) is 4. The first-order valence-electron chi connectivity index (χ1n) is 9.09. The predicted molar refractivity (Wildman–Crippen MR) is 89.5 cm³/mol. The molecule has 1 saturated carbocycles. The molecule has 27 heavy (non-hydrogen) atoms. The van der Waals surface area contributed by atoms with E-state index in [1.54, 1.807) is 13.0 Å². The molecule has 0 radical (unpaired) electrons. The van der Waals surface area contributed by atoms with Crippen molar-refractivity contribution in [2.45, 2.75) is 64.1 Å². The summed E-state index contributed by atoms with van der Waals surface area (Å²) < 4.78 is 22.9. The maximum atomic E-state index is 12.7. The summed E-state index contributed by atoms with van der Waals surface area (Å²) in [6.45, 7) is 6.34. The van der Waals surface area contributed by atoms with E-state index in [1.165, 1.54) is 13.8 Å². The van der Waals surface area contributed by atoms with E-state index in [9.17, 15) is 19.5 Å². The molecule has 148 valence electrons. The van der Waals surface area contributed by atoms with Crippen LogP contribution >= 0.6 is 0 Å². The fourth-order valence-corrected chi connectivity index (χ4v) is 5.44. The maximum absolute atomic E-state index is 12.7. The van der Waals surface area contributed by atoms with Crippen LogP contribution in [-0.2, 0) is 33.3 Å². The number of esters is 2. The van der Waals surface area contributed by atoms with Crippen molar-refractivity contribution >= 4 is 17.7 Å². The Kier molecular flexibility index (Phi) is 3.87. The number of ketones is 1. The van der Waals surface area contributed by atoms with Gasteiger partial charge >= 0.3 is 11.9 Å². The molecule has 1 N–H and O–H groups in total. The van der Waals surface area contributed by atoms with Gasteiger partial charge in [0.1, 0.15) is 30.5 Å². The van der Waals surface area contributed by atoms with Crippen LogP contribution in [0, 0.1) is 10.8 Å². The van der Waals surface area contributed by atoms with Crippen LogP contribution in [0.25, 0.3) is 0 Å². The van der Waals surface area contributed by atoms with Gasteiger partial charge in [-0.1, -0.05) is 6.92 Å². The van der Waals surface area contributed by atoms with Crippen molar-refractivity contribution in [2.24, 2.45) is 10.8 Å². The average molecular weight is 380 g/mol. The first kappa shape index (κ1) is 18.6. The third-order valence-corrected chi connectivity index (χ3v) is 7.00. The van der Waals surface area contributed by atoms with Gasteiger partial charge < -0.3 is 24.1 Å². The molecule has 7 atom stereocenters. The van der Waals surface area contributed by atoms with Gasteiger partial charge in [-0.25, -0.2) is 0 Å². The molecule has 3 fully saturated rings. The number of hydrogen-bond donors (Lipinski definition) is 1. The molecule has 8 nitrogen and oxygen atoms in total. The lowest BCUT2D eigenvalue weighted by atomic mass is 9.51. The topological polar surface area (TPSA) is 112 Å². The second-order valence-electron chi connectivity index (χ2n) is 8.26. The van der Waals surface area contributed by atoms with Gasteiger partial charge in [-0.2, -0.15) is 0 Å². The molecule has 0 unspecified atom stereocenters. The Bertz CT molecular complexity index is 753. The highest BCUT2D eigenvalue weighted by Gasteiger charge is 2.86. The standard InChI is InChI=1S/C19H24O8/c1-9-5-13-18(6-12(9)22,7-24-10(2)20)17(4)15(26-11(3)21)14(23)16(27-13)19(17)8-25-19/h5,13-16,23H,6-8H2,1-4H3/t13-,14-,15-,16-,17-,18-,19+/m1/s1. The van der Waals surface area contributed by atoms with Crippen LogP contribution in [0.3, 0.4) is 0 Å². The molecule has 2 aliphatic carbocycles. The van der Waals surface area contributed by atoms with E-state index < -0.39 is 52.8 Å². The molecule has 2 aliphatic heterocycles. The minimum absolute atomic E-state index is 0.0477. The largest absolute Gasteiger partial charge is 0.465 e. The lowest BCUT2D eigenvalue weighted by molar-refractivity contribution is -0.231. The van der Waals surface area contributed by atoms with E-state index in [4.69, 9.17) is 18.9 Å². The van der Waals surface area contributed by atoms with Crippen LogP contribution in [-0.4, -0.2) is 66.1 Å². The molecule has 4 rings (SSSR count). The van der Waals surface area contributed by atoms with E-state index in [1.807, 2.05) is 6.92 Å². The Morgan fingerprint density at radius 2 is 2.00 bits per heavy atom. The van der Waals surface area contributed by atoms with Crippen LogP contribution in [0.4, 0.5) is 0 Å². The van der Waals surface area contributed by atoms with Crippen LogP contribution in [0.2, 0.25) is 0 Å². The lowest BCUT2D eigenvalue weighted by Gasteiger charge is -2.57. The summed E-state index contributed by atoms with van der Waals surface area (Å²) in [7, 11) is 0. The summed E-state index contributed by atoms with van der Waals surface area (Å²) in [5.41, 5.74) is -2.31. The van der Waals surface area contributed by atoms with Gasteiger partial charge in [0.2, 0.25) is 0 Å². The zero-order valence-corrected chi connectivity index (χ0v) is 15.8. The summed E-state index contributed by atoms with van der Waals surface area (Å²) >= 11 is 0. The van der Waals surface area contributed by atoms with Crippen LogP contribution < -0.4 is 0 Å². The van der Waals surface area contributed by atoms with Crippen LogP contribution in [0.5, 0.6) is 0 Å². The molecule has 2 saturated heterocycles. The molecule has 1 spiro atoms. The Labute approximate surface area is 156 Å². The number of Topliss-reactive ketones (excluding diaryl/α,β-unsaturated/α-hetero) is 1. The van der Waals surface area contributed by atoms with E-state index in [2.05, 4.69) is 0 Å². The number of carbonyl (C=O) groups excluding carboxylic acids is 3. The van der Waals surface area contributed by atoms with Gasteiger partial charge in [-0.3, -0.25) is 14.4 Å². The number of rotatable bonds is 3. The number of carbonyl (C=O) groups is 3. The molecular weight excluding hydrogens is 356 g/mol. The second kappa shape index (κ2) is 5.62. The molecule has 0 aromatic rings. The molecule has 2 heterocycles. The van der Waals surface area contributed by atoms with Crippen molar-refractivity contribution in [3.63, 3.8) is 0 Å². The number of allylic oxidation sites excluding steroid dienone is 1. The first-order valence-corrected chi connectivity index (χ1v) is 9.09. The van der Waals surface area contributed by atoms with Crippen LogP contribution in [0.15, 0.2) is 11.6 Å².